The molecule has 3 N–H and O–H groups in total. The van der Waals surface area contributed by atoms with Gasteiger partial charge in [0.15, 0.2) is 11.5 Å². The number of nitrogens with zero attached hydrogens (tertiary/aromatic N) is 4. The smallest absolute Gasteiger partial charge is 0.250 e. The van der Waals surface area contributed by atoms with E-state index in [9.17, 15) is 4.39 Å². The third-order valence-corrected chi connectivity index (χ3v) is 6.05. The summed E-state index contributed by atoms with van der Waals surface area (Å²) in [6.45, 7) is -0.0695. The minimum Gasteiger partial charge on any atom is -0.493 e. The lowest BCUT2D eigenvalue weighted by Crippen LogP contribution is -2.07. The minimum atomic E-state index is -0.446. The normalized spacial score (nSPS) is 10.8. The van der Waals surface area contributed by atoms with Crippen molar-refractivity contribution in [2.45, 2.75) is 6.61 Å². The molecule has 1 heterocycles. The summed E-state index contributed by atoms with van der Waals surface area (Å²) in [6, 6.07) is 28.8. The molecule has 41 heavy (non-hydrogen) atoms. The average Bonchev–Trinajstić information content (AvgIpc) is 2.98. The van der Waals surface area contributed by atoms with Crippen LogP contribution in [0.2, 0.25) is 5.02 Å². The second-order valence-corrected chi connectivity index (χ2v) is 8.96. The first kappa shape index (κ1) is 27.4. The number of methoxy groups -OCH3 is 1. The second-order valence-electron chi connectivity index (χ2n) is 8.56. The van der Waals surface area contributed by atoms with Crippen molar-refractivity contribution >= 4 is 47.0 Å². The predicted molar refractivity (Wildman–Crippen MR) is 159 cm³/mol. The summed E-state index contributed by atoms with van der Waals surface area (Å²) in [5.41, 5.74) is 5.44. The Kier molecular flexibility index (Phi) is 8.82. The van der Waals surface area contributed by atoms with E-state index in [2.05, 4.69) is 36.1 Å². The predicted octanol–water partition coefficient (Wildman–Crippen LogP) is 7.18. The second kappa shape index (κ2) is 13.2. The number of halogens is 2. The zero-order chi connectivity index (χ0) is 28.4. The number of anilines is 5. The van der Waals surface area contributed by atoms with Crippen molar-refractivity contribution in [2.24, 2.45) is 5.10 Å². The third-order valence-electron chi connectivity index (χ3n) is 5.69. The van der Waals surface area contributed by atoms with Gasteiger partial charge in [-0.25, -0.2) is 9.82 Å². The van der Waals surface area contributed by atoms with Gasteiger partial charge in [0, 0.05) is 16.9 Å². The van der Waals surface area contributed by atoms with Crippen LogP contribution in [-0.2, 0) is 6.61 Å². The summed E-state index contributed by atoms with van der Waals surface area (Å²) in [6.07, 6.45) is 1.57. The van der Waals surface area contributed by atoms with E-state index < -0.39 is 5.82 Å². The average molecular weight is 570 g/mol. The number of para-hydroxylation sites is 2. The lowest BCUT2D eigenvalue weighted by Gasteiger charge is -2.12. The summed E-state index contributed by atoms with van der Waals surface area (Å²) in [4.78, 5) is 13.3. The van der Waals surface area contributed by atoms with Crippen LogP contribution >= 0.6 is 11.6 Å². The summed E-state index contributed by atoms with van der Waals surface area (Å²) in [5, 5.41) is 10.9. The molecule has 0 radical (unpaired) electrons. The molecule has 1 aromatic heterocycles. The van der Waals surface area contributed by atoms with Crippen molar-refractivity contribution in [3.8, 4) is 11.5 Å². The Balaban J connectivity index is 1.33. The van der Waals surface area contributed by atoms with Crippen LogP contribution in [0, 0.1) is 5.82 Å². The molecular weight excluding hydrogens is 545 g/mol. The van der Waals surface area contributed by atoms with Gasteiger partial charge in [-0.2, -0.15) is 20.1 Å². The summed E-state index contributed by atoms with van der Waals surface area (Å²) in [5.74, 6) is 1.31. The van der Waals surface area contributed by atoms with Gasteiger partial charge in [-0.05, 0) is 60.2 Å². The van der Waals surface area contributed by atoms with Gasteiger partial charge in [-0.1, -0.05) is 54.1 Å². The van der Waals surface area contributed by atoms with E-state index >= 15 is 0 Å². The molecule has 5 rings (SSSR count). The highest BCUT2D eigenvalue weighted by atomic mass is 35.5. The molecule has 0 aliphatic carbocycles. The van der Waals surface area contributed by atoms with Crippen LogP contribution in [0.5, 0.6) is 11.5 Å². The van der Waals surface area contributed by atoms with Gasteiger partial charge in [-0.15, -0.1) is 0 Å². The van der Waals surface area contributed by atoms with E-state index in [0.29, 0.717) is 29.0 Å². The molecule has 0 amide bonds. The van der Waals surface area contributed by atoms with Gasteiger partial charge in [-0.3, -0.25) is 0 Å². The Labute approximate surface area is 241 Å². The quantitative estimate of drug-likeness (QED) is 0.113. The number of ether oxygens (including phenoxy) is 2. The highest BCUT2D eigenvalue weighted by Gasteiger charge is 2.11. The van der Waals surface area contributed by atoms with E-state index in [0.717, 1.165) is 11.4 Å². The Bertz CT molecular complexity index is 1560. The Morgan fingerprint density at radius 1 is 0.780 bits per heavy atom. The number of hydrogen-bond acceptors (Lipinski definition) is 9. The zero-order valence-electron chi connectivity index (χ0n) is 21.9. The van der Waals surface area contributed by atoms with Crippen molar-refractivity contribution in [1.29, 1.82) is 0 Å². The molecule has 11 heteroatoms. The lowest BCUT2D eigenvalue weighted by atomic mass is 10.2. The molecule has 5 aromatic rings. The Hall–Kier alpha value is -5.22. The molecule has 0 saturated carbocycles. The fourth-order valence-corrected chi connectivity index (χ4v) is 3.93. The maximum atomic E-state index is 14.2. The summed E-state index contributed by atoms with van der Waals surface area (Å²) < 4.78 is 25.4. The molecule has 0 fully saturated rings. The van der Waals surface area contributed by atoms with Gasteiger partial charge < -0.3 is 20.1 Å². The van der Waals surface area contributed by atoms with Crippen LogP contribution in [0.3, 0.4) is 0 Å². The molecule has 0 unspecified atom stereocenters. The topological polar surface area (TPSA) is 106 Å². The third kappa shape index (κ3) is 7.46. The number of rotatable bonds is 11. The molecule has 0 spiro atoms. The molecule has 9 nitrogen and oxygen atoms in total. The fourth-order valence-electron chi connectivity index (χ4n) is 3.71. The van der Waals surface area contributed by atoms with Crippen LogP contribution in [-0.4, -0.2) is 28.3 Å². The van der Waals surface area contributed by atoms with Gasteiger partial charge in [0.1, 0.15) is 12.4 Å². The minimum absolute atomic E-state index is 0.0695. The highest BCUT2D eigenvalue weighted by Crippen LogP contribution is 2.30. The molecule has 0 bridgehead atoms. The van der Waals surface area contributed by atoms with E-state index in [1.54, 1.807) is 36.5 Å². The number of aromatic nitrogens is 3. The molecule has 0 aliphatic rings. The maximum absolute atomic E-state index is 14.2. The standard InChI is InChI=1S/C30H25ClFN7O2/c1-40-26-16-15-20(17-27(26)41-19-23-24(31)13-8-14-25(23)32)18-33-39-30-37-28(34-21-9-4-2-5-10-21)36-29(38-30)35-22-11-6-3-7-12-22/h2-18H,19H2,1H3,(H3,34,35,36,37,38,39)/b33-18-. The van der Waals surface area contributed by atoms with Crippen LogP contribution in [0.4, 0.5) is 33.6 Å². The largest absolute Gasteiger partial charge is 0.493 e. The zero-order valence-corrected chi connectivity index (χ0v) is 22.6. The summed E-state index contributed by atoms with van der Waals surface area (Å²) >= 11 is 6.13. The lowest BCUT2D eigenvalue weighted by molar-refractivity contribution is 0.280. The molecule has 206 valence electrons. The monoisotopic (exact) mass is 569 g/mol. The van der Waals surface area contributed by atoms with Crippen molar-refractivity contribution in [3.63, 3.8) is 0 Å². The molecule has 0 saturated heterocycles. The number of nitrogens with one attached hydrogen (secondary N) is 3. The molecule has 4 aromatic carbocycles. The van der Waals surface area contributed by atoms with Crippen molar-refractivity contribution in [2.75, 3.05) is 23.2 Å². The van der Waals surface area contributed by atoms with Crippen LogP contribution in [0.25, 0.3) is 0 Å². The van der Waals surface area contributed by atoms with E-state index in [-0.39, 0.29) is 23.1 Å². The molecular formula is C30H25ClFN7O2. The highest BCUT2D eigenvalue weighted by molar-refractivity contribution is 6.31. The fraction of sp³-hybridized carbons (Fsp3) is 0.0667. The maximum Gasteiger partial charge on any atom is 0.250 e. The Morgan fingerprint density at radius 3 is 2.02 bits per heavy atom. The molecule has 0 aliphatic heterocycles. The van der Waals surface area contributed by atoms with Crippen LogP contribution in [0.15, 0.2) is 102 Å². The van der Waals surface area contributed by atoms with Crippen LogP contribution < -0.4 is 25.5 Å². The van der Waals surface area contributed by atoms with Crippen molar-refractivity contribution < 1.29 is 13.9 Å². The Morgan fingerprint density at radius 2 is 1.41 bits per heavy atom. The van der Waals surface area contributed by atoms with Gasteiger partial charge in [0.05, 0.1) is 18.3 Å². The summed E-state index contributed by atoms with van der Waals surface area (Å²) in [7, 11) is 1.52. The number of benzene rings is 4. The van der Waals surface area contributed by atoms with Gasteiger partial charge >= 0.3 is 0 Å². The SMILES string of the molecule is COc1ccc(/C=N\Nc2nc(Nc3ccccc3)nc(Nc3ccccc3)n2)cc1OCc1c(F)cccc1Cl. The first-order valence-corrected chi connectivity index (χ1v) is 12.9. The van der Waals surface area contributed by atoms with Gasteiger partial charge in [0.2, 0.25) is 17.8 Å². The van der Waals surface area contributed by atoms with Crippen molar-refractivity contribution in [3.05, 3.63) is 119 Å². The number of hydrogen-bond donors (Lipinski definition) is 3. The first-order valence-electron chi connectivity index (χ1n) is 12.5. The van der Waals surface area contributed by atoms with Crippen molar-refractivity contribution in [1.82, 2.24) is 15.0 Å². The van der Waals surface area contributed by atoms with E-state index in [4.69, 9.17) is 21.1 Å². The first-order chi connectivity index (χ1) is 20.1. The number of hydrazone groups is 1. The van der Waals surface area contributed by atoms with E-state index in [1.165, 1.54) is 13.2 Å². The molecule has 0 atom stereocenters. The van der Waals surface area contributed by atoms with Crippen LogP contribution in [0.1, 0.15) is 11.1 Å². The van der Waals surface area contributed by atoms with Gasteiger partial charge in [0.25, 0.3) is 0 Å². The van der Waals surface area contributed by atoms with E-state index in [1.807, 2.05) is 60.7 Å².